The van der Waals surface area contributed by atoms with E-state index in [0.29, 0.717) is 0 Å². The molecule has 0 atom stereocenters. The van der Waals surface area contributed by atoms with Crippen LogP contribution in [0.3, 0.4) is 0 Å². The molecule has 0 fully saturated rings. The molecule has 2 rings (SSSR count). The minimum atomic E-state index is 0.727. The van der Waals surface area contributed by atoms with Gasteiger partial charge < -0.3 is 4.84 Å². The van der Waals surface area contributed by atoms with Crippen molar-refractivity contribution in [2.24, 2.45) is 0 Å². The summed E-state index contributed by atoms with van der Waals surface area (Å²) in [5.41, 5.74) is 1.72. The third kappa shape index (κ3) is 1.46. The Hall–Kier alpha value is -1.84. The monoisotopic (exact) mass is 189 g/mol. The van der Waals surface area contributed by atoms with Crippen LogP contribution in [0.25, 0.3) is 11.5 Å². The van der Waals surface area contributed by atoms with Crippen LogP contribution in [-0.4, -0.2) is 21.8 Å². The molecule has 2 aromatic rings. The van der Waals surface area contributed by atoms with Gasteiger partial charge in [-0.15, -0.1) is 0 Å². The van der Waals surface area contributed by atoms with E-state index in [-0.39, 0.29) is 0 Å². The van der Waals surface area contributed by atoms with Crippen LogP contribution in [0.1, 0.15) is 5.69 Å². The molecule has 0 N–H and O–H groups in total. The van der Waals surface area contributed by atoms with Crippen molar-refractivity contribution in [3.63, 3.8) is 0 Å². The van der Waals surface area contributed by atoms with Crippen molar-refractivity contribution in [1.82, 2.24) is 14.7 Å². The van der Waals surface area contributed by atoms with Gasteiger partial charge in [0.05, 0.1) is 11.9 Å². The third-order valence-electron chi connectivity index (χ3n) is 1.89. The molecule has 2 heterocycles. The molecule has 0 aliphatic carbocycles. The summed E-state index contributed by atoms with van der Waals surface area (Å²) in [6.45, 7) is 1.92. The van der Waals surface area contributed by atoms with Crippen LogP contribution in [0.2, 0.25) is 0 Å². The molecule has 0 bridgehead atoms. The van der Waals surface area contributed by atoms with Gasteiger partial charge in [-0.25, -0.2) is 4.98 Å². The molecule has 0 radical (unpaired) electrons. The van der Waals surface area contributed by atoms with Crippen molar-refractivity contribution < 1.29 is 4.84 Å². The summed E-state index contributed by atoms with van der Waals surface area (Å²) < 4.78 is 1.61. The molecule has 0 aliphatic rings. The molecule has 0 amide bonds. The fourth-order valence-corrected chi connectivity index (χ4v) is 1.28. The van der Waals surface area contributed by atoms with Crippen LogP contribution in [-0.2, 0) is 0 Å². The fourth-order valence-electron chi connectivity index (χ4n) is 1.28. The Morgan fingerprint density at radius 2 is 2.21 bits per heavy atom. The summed E-state index contributed by atoms with van der Waals surface area (Å²) in [6.07, 6.45) is 3.56. The van der Waals surface area contributed by atoms with Gasteiger partial charge in [-0.1, -0.05) is 6.07 Å². The molecule has 0 aromatic carbocycles. The van der Waals surface area contributed by atoms with Crippen LogP contribution in [0, 0.1) is 6.92 Å². The number of rotatable bonds is 2. The highest BCUT2D eigenvalue weighted by molar-refractivity contribution is 5.49. The highest BCUT2D eigenvalue weighted by Crippen LogP contribution is 2.14. The quantitative estimate of drug-likeness (QED) is 0.715. The Labute approximate surface area is 82.1 Å². The Morgan fingerprint density at radius 3 is 2.86 bits per heavy atom. The summed E-state index contributed by atoms with van der Waals surface area (Å²) >= 11 is 0. The van der Waals surface area contributed by atoms with E-state index in [1.165, 1.54) is 0 Å². The number of nitrogens with zero attached hydrogens (tertiary/aromatic N) is 3. The Balaban J connectivity index is 2.51. The van der Waals surface area contributed by atoms with Crippen molar-refractivity contribution in [3.05, 3.63) is 36.3 Å². The Bertz CT molecular complexity index is 422. The summed E-state index contributed by atoms with van der Waals surface area (Å²) in [7, 11) is 1.60. The minimum Gasteiger partial charge on any atom is -0.415 e. The van der Waals surface area contributed by atoms with E-state index in [2.05, 4.69) is 9.97 Å². The standard InChI is InChI=1S/C10H11N3O/c1-8-7-13(14-2)10(12-8)9-5-3-4-6-11-9/h3-7H,1-2H3. The average molecular weight is 189 g/mol. The van der Waals surface area contributed by atoms with E-state index in [1.54, 1.807) is 18.0 Å². The second-order valence-corrected chi connectivity index (χ2v) is 2.93. The zero-order valence-electron chi connectivity index (χ0n) is 8.14. The number of hydrogen-bond donors (Lipinski definition) is 0. The van der Waals surface area contributed by atoms with E-state index < -0.39 is 0 Å². The van der Waals surface area contributed by atoms with Crippen LogP contribution in [0.5, 0.6) is 0 Å². The number of aromatic nitrogens is 3. The fraction of sp³-hybridized carbons (Fsp3) is 0.200. The van der Waals surface area contributed by atoms with Crippen LogP contribution >= 0.6 is 0 Å². The maximum atomic E-state index is 5.13. The third-order valence-corrected chi connectivity index (χ3v) is 1.89. The molecule has 72 valence electrons. The van der Waals surface area contributed by atoms with Gasteiger partial charge in [0.1, 0.15) is 12.8 Å². The predicted octanol–water partition coefficient (Wildman–Crippen LogP) is 1.31. The summed E-state index contributed by atoms with van der Waals surface area (Å²) in [5, 5.41) is 0. The zero-order chi connectivity index (χ0) is 9.97. The SMILES string of the molecule is COn1cc(C)nc1-c1ccccn1. The molecule has 0 saturated heterocycles. The van der Waals surface area contributed by atoms with E-state index in [1.807, 2.05) is 31.3 Å². The first-order chi connectivity index (χ1) is 6.81. The van der Waals surface area contributed by atoms with Crippen LogP contribution in [0.4, 0.5) is 0 Å². The second kappa shape index (κ2) is 3.49. The Kier molecular flexibility index (Phi) is 2.18. The topological polar surface area (TPSA) is 39.9 Å². The van der Waals surface area contributed by atoms with Crippen molar-refractivity contribution in [1.29, 1.82) is 0 Å². The molecule has 0 saturated carbocycles. The molecule has 0 unspecified atom stereocenters. The van der Waals surface area contributed by atoms with Gasteiger partial charge in [-0.3, -0.25) is 4.98 Å². The maximum absolute atomic E-state index is 5.13. The summed E-state index contributed by atoms with van der Waals surface area (Å²) in [5.74, 6) is 0.727. The van der Waals surface area contributed by atoms with E-state index in [0.717, 1.165) is 17.2 Å². The van der Waals surface area contributed by atoms with E-state index >= 15 is 0 Å². The lowest BCUT2D eigenvalue weighted by Crippen LogP contribution is -2.06. The van der Waals surface area contributed by atoms with Crippen molar-refractivity contribution in [2.45, 2.75) is 6.92 Å². The van der Waals surface area contributed by atoms with E-state index in [9.17, 15) is 0 Å². The normalized spacial score (nSPS) is 10.1. The van der Waals surface area contributed by atoms with Crippen molar-refractivity contribution >= 4 is 0 Å². The first-order valence-electron chi connectivity index (χ1n) is 4.33. The molecule has 14 heavy (non-hydrogen) atoms. The summed E-state index contributed by atoms with van der Waals surface area (Å²) in [6, 6.07) is 5.69. The molecular weight excluding hydrogens is 178 g/mol. The lowest BCUT2D eigenvalue weighted by molar-refractivity contribution is 0.170. The van der Waals surface area contributed by atoms with Gasteiger partial charge in [0.15, 0.2) is 5.82 Å². The molecule has 0 aliphatic heterocycles. The molecule has 0 spiro atoms. The largest absolute Gasteiger partial charge is 0.415 e. The van der Waals surface area contributed by atoms with Crippen molar-refractivity contribution in [2.75, 3.05) is 7.11 Å². The van der Waals surface area contributed by atoms with Gasteiger partial charge in [-0.05, 0) is 19.1 Å². The first-order valence-corrected chi connectivity index (χ1v) is 4.33. The molecule has 4 nitrogen and oxygen atoms in total. The minimum absolute atomic E-state index is 0.727. The first kappa shape index (κ1) is 8.74. The van der Waals surface area contributed by atoms with Gasteiger partial charge in [0.2, 0.25) is 0 Å². The summed E-state index contributed by atoms with van der Waals surface area (Å²) in [4.78, 5) is 13.7. The number of pyridine rings is 1. The van der Waals surface area contributed by atoms with Gasteiger partial charge >= 0.3 is 0 Å². The second-order valence-electron chi connectivity index (χ2n) is 2.93. The van der Waals surface area contributed by atoms with Gasteiger partial charge in [0, 0.05) is 6.20 Å². The Morgan fingerprint density at radius 1 is 1.36 bits per heavy atom. The highest BCUT2D eigenvalue weighted by atomic mass is 16.6. The zero-order valence-corrected chi connectivity index (χ0v) is 8.14. The lowest BCUT2D eigenvalue weighted by Gasteiger charge is -2.03. The molecular formula is C10H11N3O. The van der Waals surface area contributed by atoms with Crippen LogP contribution in [0.15, 0.2) is 30.6 Å². The lowest BCUT2D eigenvalue weighted by atomic mass is 10.3. The molecule has 2 aromatic heterocycles. The highest BCUT2D eigenvalue weighted by Gasteiger charge is 2.08. The number of hydrogen-bond acceptors (Lipinski definition) is 3. The smallest absolute Gasteiger partial charge is 0.194 e. The van der Waals surface area contributed by atoms with Gasteiger partial charge in [-0.2, -0.15) is 4.73 Å². The average Bonchev–Trinajstić information content (AvgIpc) is 2.61. The molecule has 4 heteroatoms. The van der Waals surface area contributed by atoms with Gasteiger partial charge in [0.25, 0.3) is 0 Å². The van der Waals surface area contributed by atoms with Crippen LogP contribution < -0.4 is 4.84 Å². The number of imidazole rings is 1. The number of aryl methyl sites for hydroxylation is 1. The van der Waals surface area contributed by atoms with E-state index in [4.69, 9.17) is 4.84 Å². The maximum Gasteiger partial charge on any atom is 0.194 e. The predicted molar refractivity (Wildman–Crippen MR) is 52.7 cm³/mol. The van der Waals surface area contributed by atoms with Crippen molar-refractivity contribution in [3.8, 4) is 11.5 Å².